The summed E-state index contributed by atoms with van der Waals surface area (Å²) in [4.78, 5) is 11.8. The Bertz CT molecular complexity index is 867. The molecule has 2 aromatic carbocycles. The highest BCUT2D eigenvalue weighted by Crippen LogP contribution is 2.21. The summed E-state index contributed by atoms with van der Waals surface area (Å²) in [7, 11) is -3.94. The lowest BCUT2D eigenvalue weighted by Gasteiger charge is -2.16. The van der Waals surface area contributed by atoms with Crippen molar-refractivity contribution in [1.29, 1.82) is 0 Å². The van der Waals surface area contributed by atoms with Crippen LogP contribution in [0.4, 0.5) is 10.1 Å². The van der Waals surface area contributed by atoms with Crippen molar-refractivity contribution < 1.29 is 22.3 Å². The Hall–Kier alpha value is -2.61. The standard InChI is InChI=1S/C18H21FN2O4S/c1-12(2)20-18(22)13(3)25-14-8-10-15(11-9-14)26(23,24)21-17-7-5-4-6-16(17)19/h4-13,21H,1-3H3,(H,20,22)/t13-/m0/s1. The molecule has 0 saturated carbocycles. The van der Waals surface area contributed by atoms with Crippen molar-refractivity contribution in [3.8, 4) is 5.75 Å². The third-order valence-electron chi connectivity index (χ3n) is 3.37. The Morgan fingerprint density at radius 1 is 1.04 bits per heavy atom. The number of hydrogen-bond acceptors (Lipinski definition) is 4. The summed E-state index contributed by atoms with van der Waals surface area (Å²) in [5.41, 5.74) is -0.133. The van der Waals surface area contributed by atoms with Gasteiger partial charge in [0.15, 0.2) is 6.10 Å². The Balaban J connectivity index is 2.08. The molecule has 6 nitrogen and oxygen atoms in total. The molecule has 0 radical (unpaired) electrons. The summed E-state index contributed by atoms with van der Waals surface area (Å²) in [6, 6.07) is 11.0. The van der Waals surface area contributed by atoms with Gasteiger partial charge in [-0.05, 0) is 57.2 Å². The quantitative estimate of drug-likeness (QED) is 0.774. The van der Waals surface area contributed by atoms with E-state index in [2.05, 4.69) is 10.0 Å². The van der Waals surface area contributed by atoms with E-state index in [0.717, 1.165) is 0 Å². The van der Waals surface area contributed by atoms with Crippen LogP contribution in [0.25, 0.3) is 0 Å². The fourth-order valence-electron chi connectivity index (χ4n) is 2.10. The molecule has 0 saturated heterocycles. The number of carbonyl (C=O) groups is 1. The number of hydrogen-bond donors (Lipinski definition) is 2. The van der Waals surface area contributed by atoms with Crippen LogP contribution >= 0.6 is 0 Å². The fraction of sp³-hybridized carbons (Fsp3) is 0.278. The van der Waals surface area contributed by atoms with Gasteiger partial charge < -0.3 is 10.1 Å². The Morgan fingerprint density at radius 2 is 1.65 bits per heavy atom. The molecule has 140 valence electrons. The first-order valence-corrected chi connectivity index (χ1v) is 9.52. The molecule has 0 unspecified atom stereocenters. The second-order valence-electron chi connectivity index (χ2n) is 5.98. The zero-order valence-corrected chi connectivity index (χ0v) is 15.5. The predicted octanol–water partition coefficient (Wildman–Crippen LogP) is 2.92. The number of halogens is 1. The van der Waals surface area contributed by atoms with E-state index in [1.54, 1.807) is 6.92 Å². The molecular weight excluding hydrogens is 359 g/mol. The minimum atomic E-state index is -3.94. The summed E-state index contributed by atoms with van der Waals surface area (Å²) in [6.07, 6.45) is -0.726. The van der Waals surface area contributed by atoms with Gasteiger partial charge in [-0.25, -0.2) is 12.8 Å². The monoisotopic (exact) mass is 380 g/mol. The molecule has 0 spiro atoms. The number of sulfonamides is 1. The topological polar surface area (TPSA) is 84.5 Å². The molecule has 2 N–H and O–H groups in total. The second-order valence-corrected chi connectivity index (χ2v) is 7.66. The van der Waals surface area contributed by atoms with E-state index in [9.17, 15) is 17.6 Å². The van der Waals surface area contributed by atoms with Crippen LogP contribution in [0.3, 0.4) is 0 Å². The van der Waals surface area contributed by atoms with Crippen LogP contribution in [0, 0.1) is 5.82 Å². The van der Waals surface area contributed by atoms with E-state index >= 15 is 0 Å². The molecule has 1 amide bonds. The average molecular weight is 380 g/mol. The minimum Gasteiger partial charge on any atom is -0.481 e. The van der Waals surface area contributed by atoms with Crippen LogP contribution in [0.1, 0.15) is 20.8 Å². The first kappa shape index (κ1) is 19.7. The number of benzene rings is 2. The molecule has 0 aliphatic heterocycles. The van der Waals surface area contributed by atoms with E-state index in [1.165, 1.54) is 48.5 Å². The van der Waals surface area contributed by atoms with E-state index in [0.29, 0.717) is 5.75 Å². The molecule has 2 aromatic rings. The number of carbonyl (C=O) groups excluding carboxylic acids is 1. The first-order valence-electron chi connectivity index (χ1n) is 8.03. The first-order chi connectivity index (χ1) is 12.2. The zero-order chi connectivity index (χ0) is 19.3. The minimum absolute atomic E-state index is 0.00877. The summed E-state index contributed by atoms with van der Waals surface area (Å²) < 4.78 is 46.0. The van der Waals surface area contributed by atoms with Crippen LogP contribution in [-0.2, 0) is 14.8 Å². The molecular formula is C18H21FN2O4S. The highest BCUT2D eigenvalue weighted by atomic mass is 32.2. The number of anilines is 1. The van der Waals surface area contributed by atoms with Crippen LogP contribution in [0.5, 0.6) is 5.75 Å². The van der Waals surface area contributed by atoms with Crippen molar-refractivity contribution in [2.45, 2.75) is 37.8 Å². The Labute approximate surface area is 152 Å². The van der Waals surface area contributed by atoms with Gasteiger partial charge in [0.25, 0.3) is 15.9 Å². The maximum Gasteiger partial charge on any atom is 0.261 e. The maximum atomic E-state index is 13.6. The number of rotatable bonds is 7. The normalized spacial score (nSPS) is 12.5. The number of para-hydroxylation sites is 1. The lowest BCUT2D eigenvalue weighted by atomic mass is 10.3. The molecule has 0 aliphatic carbocycles. The third kappa shape index (κ3) is 5.19. The molecule has 0 bridgehead atoms. The van der Waals surface area contributed by atoms with Gasteiger partial charge in [0.2, 0.25) is 0 Å². The van der Waals surface area contributed by atoms with Gasteiger partial charge in [-0.1, -0.05) is 12.1 Å². The predicted molar refractivity (Wildman–Crippen MR) is 97.0 cm³/mol. The zero-order valence-electron chi connectivity index (χ0n) is 14.7. The Kier molecular flexibility index (Phi) is 6.20. The van der Waals surface area contributed by atoms with Gasteiger partial charge in [0.1, 0.15) is 11.6 Å². The fourth-order valence-corrected chi connectivity index (χ4v) is 3.17. The van der Waals surface area contributed by atoms with Crippen LogP contribution < -0.4 is 14.8 Å². The van der Waals surface area contributed by atoms with Gasteiger partial charge in [-0.3, -0.25) is 9.52 Å². The Morgan fingerprint density at radius 3 is 2.23 bits per heavy atom. The van der Waals surface area contributed by atoms with Gasteiger partial charge in [-0.2, -0.15) is 0 Å². The van der Waals surface area contributed by atoms with Gasteiger partial charge in [-0.15, -0.1) is 0 Å². The van der Waals surface area contributed by atoms with Crippen molar-refractivity contribution in [2.24, 2.45) is 0 Å². The van der Waals surface area contributed by atoms with Crippen LogP contribution in [0.2, 0.25) is 0 Å². The lowest BCUT2D eigenvalue weighted by Crippen LogP contribution is -2.40. The van der Waals surface area contributed by atoms with E-state index < -0.39 is 21.9 Å². The van der Waals surface area contributed by atoms with Gasteiger partial charge in [0, 0.05) is 6.04 Å². The van der Waals surface area contributed by atoms with Crippen molar-refractivity contribution in [3.63, 3.8) is 0 Å². The number of ether oxygens (including phenoxy) is 1. The van der Waals surface area contributed by atoms with Crippen molar-refractivity contribution in [1.82, 2.24) is 5.32 Å². The van der Waals surface area contributed by atoms with Crippen molar-refractivity contribution in [2.75, 3.05) is 4.72 Å². The molecule has 2 rings (SSSR count). The third-order valence-corrected chi connectivity index (χ3v) is 4.75. The van der Waals surface area contributed by atoms with Crippen LogP contribution in [-0.4, -0.2) is 26.5 Å². The number of amides is 1. The van der Waals surface area contributed by atoms with Crippen LogP contribution in [0.15, 0.2) is 53.4 Å². The smallest absolute Gasteiger partial charge is 0.261 e. The SMILES string of the molecule is CC(C)NC(=O)[C@H](C)Oc1ccc(S(=O)(=O)Nc2ccccc2F)cc1. The summed E-state index contributed by atoms with van der Waals surface area (Å²) in [6.45, 7) is 5.28. The number of nitrogens with one attached hydrogen (secondary N) is 2. The lowest BCUT2D eigenvalue weighted by molar-refractivity contribution is -0.127. The van der Waals surface area contributed by atoms with Crippen molar-refractivity contribution in [3.05, 3.63) is 54.3 Å². The largest absolute Gasteiger partial charge is 0.481 e. The molecule has 0 heterocycles. The summed E-state index contributed by atoms with van der Waals surface area (Å²) in [5.74, 6) is -0.583. The molecule has 1 atom stereocenters. The molecule has 26 heavy (non-hydrogen) atoms. The molecule has 0 fully saturated rings. The van der Waals surface area contributed by atoms with Gasteiger partial charge in [0.05, 0.1) is 10.6 Å². The maximum absolute atomic E-state index is 13.6. The highest BCUT2D eigenvalue weighted by Gasteiger charge is 2.18. The summed E-state index contributed by atoms with van der Waals surface area (Å²) >= 11 is 0. The molecule has 0 aromatic heterocycles. The van der Waals surface area contributed by atoms with E-state index in [-0.39, 0.29) is 22.5 Å². The molecule has 8 heteroatoms. The second kappa shape index (κ2) is 8.18. The van der Waals surface area contributed by atoms with Crippen molar-refractivity contribution >= 4 is 21.6 Å². The molecule has 0 aliphatic rings. The highest BCUT2D eigenvalue weighted by molar-refractivity contribution is 7.92. The average Bonchev–Trinajstić information content (AvgIpc) is 2.56. The van der Waals surface area contributed by atoms with Gasteiger partial charge >= 0.3 is 0 Å². The summed E-state index contributed by atoms with van der Waals surface area (Å²) in [5, 5.41) is 2.73. The van der Waals surface area contributed by atoms with E-state index in [4.69, 9.17) is 4.74 Å². The van der Waals surface area contributed by atoms with E-state index in [1.807, 2.05) is 13.8 Å².